The monoisotopic (exact) mass is 264 g/mol. The predicted octanol–water partition coefficient (Wildman–Crippen LogP) is 3.88. The number of amides is 1. The number of pyridine rings is 1. The highest BCUT2D eigenvalue weighted by Crippen LogP contribution is 2.09. The van der Waals surface area contributed by atoms with Gasteiger partial charge in [0.15, 0.2) is 0 Å². The normalized spacial score (nSPS) is 9.45. The Morgan fingerprint density at radius 3 is 2.20 bits per heavy atom. The van der Waals surface area contributed by atoms with E-state index in [1.807, 2.05) is 60.9 Å². The molecule has 1 N–H and O–H groups in total. The van der Waals surface area contributed by atoms with Crippen LogP contribution in [-0.4, -0.2) is 10.9 Å². The molecule has 20 heavy (non-hydrogen) atoms. The molecule has 0 aliphatic rings. The molecule has 2 aromatic carbocycles. The van der Waals surface area contributed by atoms with Crippen molar-refractivity contribution in [2.75, 3.05) is 5.32 Å². The first-order chi connectivity index (χ1) is 9.75. The number of anilines is 1. The second-order valence-electron chi connectivity index (χ2n) is 4.27. The van der Waals surface area contributed by atoms with Gasteiger partial charge in [0.1, 0.15) is 0 Å². The molecule has 0 aliphatic carbocycles. The number of carbonyl (C=O) groups is 1. The average Bonchev–Trinajstić information content (AvgIpc) is 2.48. The van der Waals surface area contributed by atoms with Crippen LogP contribution in [0.15, 0.2) is 73.1 Å². The maximum absolute atomic E-state index is 10.5. The largest absolute Gasteiger partial charge is 0.326 e. The third kappa shape index (κ3) is 4.21. The van der Waals surface area contributed by atoms with Crippen molar-refractivity contribution >= 4 is 22.4 Å². The maximum atomic E-state index is 10.5. The van der Waals surface area contributed by atoms with Gasteiger partial charge in [-0.25, -0.2) is 0 Å². The number of hydrogen-bond donors (Lipinski definition) is 1. The molecule has 0 atom stereocenters. The number of nitrogens with one attached hydrogen (secondary N) is 1. The number of fused-ring (bicyclic) bond motifs is 1. The summed E-state index contributed by atoms with van der Waals surface area (Å²) in [6, 6.07) is 19.6. The van der Waals surface area contributed by atoms with E-state index in [0.29, 0.717) is 0 Å². The third-order valence-corrected chi connectivity index (χ3v) is 2.64. The van der Waals surface area contributed by atoms with E-state index in [-0.39, 0.29) is 5.91 Å². The average molecular weight is 264 g/mol. The van der Waals surface area contributed by atoms with E-state index in [0.717, 1.165) is 5.69 Å². The first-order valence-corrected chi connectivity index (χ1v) is 6.37. The lowest BCUT2D eigenvalue weighted by molar-refractivity contribution is -0.114. The molecule has 3 aromatic rings. The third-order valence-electron chi connectivity index (χ3n) is 2.64. The second-order valence-corrected chi connectivity index (χ2v) is 4.27. The molecule has 0 fully saturated rings. The SMILES string of the molecule is CC(=O)Nc1ccccc1.c1ccc2cnccc2c1. The fourth-order valence-corrected chi connectivity index (χ4v) is 1.75. The molecule has 0 radical (unpaired) electrons. The van der Waals surface area contributed by atoms with Crippen molar-refractivity contribution < 1.29 is 4.79 Å². The van der Waals surface area contributed by atoms with Crippen LogP contribution in [0.25, 0.3) is 10.8 Å². The van der Waals surface area contributed by atoms with Crippen LogP contribution in [0, 0.1) is 0 Å². The Kier molecular flexibility index (Phi) is 4.84. The van der Waals surface area contributed by atoms with Gasteiger partial charge in [-0.05, 0) is 29.0 Å². The first-order valence-electron chi connectivity index (χ1n) is 6.37. The molecule has 1 aromatic heterocycles. The molecule has 0 unspecified atom stereocenters. The number of hydrogen-bond acceptors (Lipinski definition) is 2. The van der Waals surface area contributed by atoms with Crippen molar-refractivity contribution in [1.82, 2.24) is 4.98 Å². The zero-order chi connectivity index (χ0) is 14.2. The Balaban J connectivity index is 0.000000147. The molecule has 0 spiro atoms. The summed E-state index contributed by atoms with van der Waals surface area (Å²) in [5.74, 6) is -0.0359. The summed E-state index contributed by atoms with van der Waals surface area (Å²) in [7, 11) is 0. The Morgan fingerprint density at radius 1 is 0.900 bits per heavy atom. The van der Waals surface area contributed by atoms with E-state index in [4.69, 9.17) is 0 Å². The highest BCUT2D eigenvalue weighted by molar-refractivity contribution is 5.88. The van der Waals surface area contributed by atoms with E-state index < -0.39 is 0 Å². The summed E-state index contributed by atoms with van der Waals surface area (Å²) in [4.78, 5) is 14.5. The fourth-order valence-electron chi connectivity index (χ4n) is 1.75. The van der Waals surface area contributed by atoms with Gasteiger partial charge in [-0.3, -0.25) is 9.78 Å². The lowest BCUT2D eigenvalue weighted by atomic mass is 10.2. The van der Waals surface area contributed by atoms with E-state index in [1.165, 1.54) is 17.7 Å². The lowest BCUT2D eigenvalue weighted by Gasteiger charge is -1.98. The summed E-state index contributed by atoms with van der Waals surface area (Å²) in [6.45, 7) is 1.49. The van der Waals surface area contributed by atoms with Gasteiger partial charge in [0.2, 0.25) is 5.91 Å². The molecule has 0 bridgehead atoms. The second kappa shape index (κ2) is 7.04. The van der Waals surface area contributed by atoms with Crippen LogP contribution in [0.3, 0.4) is 0 Å². The standard InChI is InChI=1S/C9H7N.C8H9NO/c1-2-4-9-7-10-6-5-8(9)3-1;1-7(10)9-8-5-3-2-4-6-8/h1-7H;2-6H,1H3,(H,9,10). The molecular weight excluding hydrogens is 248 g/mol. The zero-order valence-corrected chi connectivity index (χ0v) is 11.3. The topological polar surface area (TPSA) is 42.0 Å². The maximum Gasteiger partial charge on any atom is 0.221 e. The number of aromatic nitrogens is 1. The zero-order valence-electron chi connectivity index (χ0n) is 11.3. The van der Waals surface area contributed by atoms with Crippen LogP contribution in [-0.2, 0) is 4.79 Å². The van der Waals surface area contributed by atoms with Gasteiger partial charge in [-0.15, -0.1) is 0 Å². The lowest BCUT2D eigenvalue weighted by Crippen LogP contribution is -2.04. The van der Waals surface area contributed by atoms with E-state index in [1.54, 1.807) is 0 Å². The molecule has 100 valence electrons. The van der Waals surface area contributed by atoms with Crippen molar-refractivity contribution in [3.8, 4) is 0 Å². The molecule has 1 heterocycles. The van der Waals surface area contributed by atoms with Crippen molar-refractivity contribution in [3.63, 3.8) is 0 Å². The molecule has 0 aliphatic heterocycles. The number of para-hydroxylation sites is 1. The Hall–Kier alpha value is -2.68. The molecule has 0 saturated carbocycles. The van der Waals surface area contributed by atoms with Crippen LogP contribution in [0.5, 0.6) is 0 Å². The van der Waals surface area contributed by atoms with E-state index >= 15 is 0 Å². The highest BCUT2D eigenvalue weighted by atomic mass is 16.1. The van der Waals surface area contributed by atoms with Crippen molar-refractivity contribution in [2.24, 2.45) is 0 Å². The van der Waals surface area contributed by atoms with Gasteiger partial charge in [0.05, 0.1) is 0 Å². The summed E-state index contributed by atoms with van der Waals surface area (Å²) >= 11 is 0. The van der Waals surface area contributed by atoms with Crippen LogP contribution in [0.4, 0.5) is 5.69 Å². The molecule has 0 saturated heterocycles. The van der Waals surface area contributed by atoms with Crippen LogP contribution in [0.1, 0.15) is 6.92 Å². The van der Waals surface area contributed by atoms with Crippen molar-refractivity contribution in [2.45, 2.75) is 6.92 Å². The van der Waals surface area contributed by atoms with Crippen LogP contribution in [0.2, 0.25) is 0 Å². The van der Waals surface area contributed by atoms with E-state index in [2.05, 4.69) is 22.4 Å². The van der Waals surface area contributed by atoms with Gasteiger partial charge < -0.3 is 5.32 Å². The smallest absolute Gasteiger partial charge is 0.221 e. The molecule has 3 heteroatoms. The van der Waals surface area contributed by atoms with Crippen LogP contribution < -0.4 is 5.32 Å². The quantitative estimate of drug-likeness (QED) is 0.724. The summed E-state index contributed by atoms with van der Waals surface area (Å²) in [6.07, 6.45) is 3.68. The van der Waals surface area contributed by atoms with Gasteiger partial charge >= 0.3 is 0 Å². The minimum atomic E-state index is -0.0359. The Labute approximate surface area is 118 Å². The Bertz CT molecular complexity index is 615. The van der Waals surface area contributed by atoms with Gasteiger partial charge in [-0.1, -0.05) is 42.5 Å². The minimum Gasteiger partial charge on any atom is -0.326 e. The fraction of sp³-hybridized carbons (Fsp3) is 0.0588. The number of benzene rings is 2. The Morgan fingerprint density at radius 2 is 1.55 bits per heavy atom. The van der Waals surface area contributed by atoms with Gasteiger partial charge in [0, 0.05) is 25.0 Å². The molecule has 1 amide bonds. The summed E-state index contributed by atoms with van der Waals surface area (Å²) in [5, 5.41) is 5.11. The number of carbonyl (C=O) groups excluding carboxylic acids is 1. The number of rotatable bonds is 1. The minimum absolute atomic E-state index is 0.0359. The van der Waals surface area contributed by atoms with Crippen LogP contribution >= 0.6 is 0 Å². The van der Waals surface area contributed by atoms with Gasteiger partial charge in [-0.2, -0.15) is 0 Å². The van der Waals surface area contributed by atoms with E-state index in [9.17, 15) is 4.79 Å². The predicted molar refractivity (Wildman–Crippen MR) is 82.5 cm³/mol. The van der Waals surface area contributed by atoms with Crippen molar-refractivity contribution in [1.29, 1.82) is 0 Å². The van der Waals surface area contributed by atoms with Gasteiger partial charge in [0.25, 0.3) is 0 Å². The highest BCUT2D eigenvalue weighted by Gasteiger charge is 1.90. The number of nitrogens with zero attached hydrogens (tertiary/aromatic N) is 1. The summed E-state index contributed by atoms with van der Waals surface area (Å²) < 4.78 is 0. The summed E-state index contributed by atoms with van der Waals surface area (Å²) in [5.41, 5.74) is 0.843. The van der Waals surface area contributed by atoms with Crippen molar-refractivity contribution in [3.05, 3.63) is 73.1 Å². The molecule has 3 rings (SSSR count). The first kappa shape index (κ1) is 13.7. The molecule has 3 nitrogen and oxygen atoms in total. The molecular formula is C17H16N2O.